The molecule has 0 fully saturated rings. The minimum Gasteiger partial charge on any atom is -0.487 e. The van der Waals surface area contributed by atoms with Crippen LogP contribution in [-0.4, -0.2) is 23.0 Å². The maximum absolute atomic E-state index is 13.5. The summed E-state index contributed by atoms with van der Waals surface area (Å²) in [6, 6.07) is 9.78. The van der Waals surface area contributed by atoms with Crippen molar-refractivity contribution in [2.75, 3.05) is 12.4 Å². The van der Waals surface area contributed by atoms with E-state index in [0.717, 1.165) is 17.8 Å². The van der Waals surface area contributed by atoms with Crippen molar-refractivity contribution in [3.05, 3.63) is 76.2 Å². The van der Waals surface area contributed by atoms with Gasteiger partial charge in [0.15, 0.2) is 11.6 Å². The predicted octanol–water partition coefficient (Wildman–Crippen LogP) is 5.23. The lowest BCUT2D eigenvalue weighted by Crippen LogP contribution is -2.33. The highest BCUT2D eigenvalue weighted by atomic mass is 32.1. The summed E-state index contributed by atoms with van der Waals surface area (Å²) < 4.78 is 32.3. The molecule has 1 aromatic heterocycles. The van der Waals surface area contributed by atoms with Crippen molar-refractivity contribution in [3.63, 3.8) is 0 Å². The number of aromatic nitrogens is 1. The molecule has 0 spiro atoms. The van der Waals surface area contributed by atoms with Crippen molar-refractivity contribution < 1.29 is 18.3 Å². The zero-order valence-electron chi connectivity index (χ0n) is 15.4. The molecular weight excluding hydrogens is 384 g/mol. The Morgan fingerprint density at radius 2 is 2.07 bits per heavy atom. The predicted molar refractivity (Wildman–Crippen MR) is 104 cm³/mol. The van der Waals surface area contributed by atoms with Gasteiger partial charge in [0, 0.05) is 24.2 Å². The van der Waals surface area contributed by atoms with Crippen LogP contribution in [-0.2, 0) is 6.61 Å². The third-order valence-electron chi connectivity index (χ3n) is 4.28. The lowest BCUT2D eigenvalue weighted by molar-refractivity contribution is 0.208. The fourth-order valence-electron chi connectivity index (χ4n) is 2.51. The van der Waals surface area contributed by atoms with Gasteiger partial charge < -0.3 is 15.0 Å². The van der Waals surface area contributed by atoms with Crippen LogP contribution >= 0.6 is 11.3 Å². The summed E-state index contributed by atoms with van der Waals surface area (Å²) in [4.78, 5) is 18.1. The average molecular weight is 403 g/mol. The maximum atomic E-state index is 13.5. The standard InChI is InChI=1S/C20H19F2N3O2S/c1-13(14-6-7-18(21)19(22)8-14)25(2)20(26)24-15-4-3-5-17(9-15)27-10-16-11-28-12-23-16/h3-9,11-13H,10H2,1-2H3,(H,24,26). The van der Waals surface area contributed by atoms with Gasteiger partial charge in [-0.2, -0.15) is 0 Å². The molecule has 1 heterocycles. The number of rotatable bonds is 6. The average Bonchev–Trinajstić information content (AvgIpc) is 3.21. The van der Waals surface area contributed by atoms with Gasteiger partial charge in [-0.25, -0.2) is 18.6 Å². The molecule has 28 heavy (non-hydrogen) atoms. The molecule has 8 heteroatoms. The maximum Gasteiger partial charge on any atom is 0.322 e. The van der Waals surface area contributed by atoms with E-state index in [0.29, 0.717) is 23.6 Å². The Labute approximate surface area is 165 Å². The van der Waals surface area contributed by atoms with Crippen LogP contribution in [0.1, 0.15) is 24.2 Å². The second-order valence-electron chi connectivity index (χ2n) is 6.19. The topological polar surface area (TPSA) is 54.5 Å². The van der Waals surface area contributed by atoms with E-state index in [4.69, 9.17) is 4.74 Å². The molecule has 1 unspecified atom stereocenters. The SMILES string of the molecule is CC(c1ccc(F)c(F)c1)N(C)C(=O)Nc1cccc(OCc2cscn2)c1. The van der Waals surface area contributed by atoms with Crippen LogP contribution in [0.2, 0.25) is 0 Å². The molecular formula is C20H19F2N3O2S. The van der Waals surface area contributed by atoms with Crippen LogP contribution in [0.15, 0.2) is 53.4 Å². The molecule has 5 nitrogen and oxygen atoms in total. The molecule has 2 amide bonds. The van der Waals surface area contributed by atoms with Gasteiger partial charge in [-0.15, -0.1) is 11.3 Å². The molecule has 0 aliphatic carbocycles. The first-order chi connectivity index (χ1) is 13.4. The van der Waals surface area contributed by atoms with E-state index in [1.165, 1.54) is 22.3 Å². The Balaban J connectivity index is 1.63. The number of carbonyl (C=O) groups is 1. The number of thiazole rings is 1. The minimum atomic E-state index is -0.942. The summed E-state index contributed by atoms with van der Waals surface area (Å²) in [5.41, 5.74) is 3.63. The molecule has 0 saturated heterocycles. The zero-order chi connectivity index (χ0) is 20.1. The fraction of sp³-hybridized carbons (Fsp3) is 0.200. The summed E-state index contributed by atoms with van der Waals surface area (Å²) in [5.74, 6) is -1.26. The van der Waals surface area contributed by atoms with Crippen molar-refractivity contribution in [1.82, 2.24) is 9.88 Å². The van der Waals surface area contributed by atoms with E-state index >= 15 is 0 Å². The highest BCUT2D eigenvalue weighted by Crippen LogP contribution is 2.23. The van der Waals surface area contributed by atoms with E-state index in [-0.39, 0.29) is 6.03 Å². The number of hydrogen-bond donors (Lipinski definition) is 1. The molecule has 1 atom stereocenters. The summed E-state index contributed by atoms with van der Waals surface area (Å²) >= 11 is 1.49. The molecule has 0 saturated carbocycles. The minimum absolute atomic E-state index is 0.341. The Morgan fingerprint density at radius 1 is 1.25 bits per heavy atom. The van der Waals surface area contributed by atoms with Gasteiger partial charge in [0.2, 0.25) is 0 Å². The number of nitrogens with one attached hydrogen (secondary N) is 1. The van der Waals surface area contributed by atoms with Gasteiger partial charge in [0.05, 0.1) is 17.2 Å². The molecule has 3 rings (SSSR count). The van der Waals surface area contributed by atoms with E-state index in [2.05, 4.69) is 10.3 Å². The molecule has 2 aromatic carbocycles. The van der Waals surface area contributed by atoms with Crippen LogP contribution in [0.25, 0.3) is 0 Å². The number of halogens is 2. The van der Waals surface area contributed by atoms with Gasteiger partial charge in [0.25, 0.3) is 0 Å². The molecule has 0 aliphatic rings. The zero-order valence-corrected chi connectivity index (χ0v) is 16.2. The van der Waals surface area contributed by atoms with Crippen LogP contribution < -0.4 is 10.1 Å². The van der Waals surface area contributed by atoms with E-state index in [1.54, 1.807) is 43.7 Å². The smallest absolute Gasteiger partial charge is 0.322 e. The monoisotopic (exact) mass is 403 g/mol. The first-order valence-corrected chi connectivity index (χ1v) is 9.47. The van der Waals surface area contributed by atoms with Crippen LogP contribution in [0.5, 0.6) is 5.75 Å². The second-order valence-corrected chi connectivity index (χ2v) is 6.91. The van der Waals surface area contributed by atoms with Gasteiger partial charge in [-0.3, -0.25) is 0 Å². The number of ether oxygens (including phenoxy) is 1. The third kappa shape index (κ3) is 4.83. The number of urea groups is 1. The van der Waals surface area contributed by atoms with Crippen molar-refractivity contribution in [1.29, 1.82) is 0 Å². The number of nitrogens with zero attached hydrogens (tertiary/aromatic N) is 2. The van der Waals surface area contributed by atoms with Gasteiger partial charge in [-0.05, 0) is 36.8 Å². The fourth-order valence-corrected chi connectivity index (χ4v) is 3.06. The van der Waals surface area contributed by atoms with E-state index in [1.807, 2.05) is 5.38 Å². The highest BCUT2D eigenvalue weighted by Gasteiger charge is 2.19. The number of benzene rings is 2. The molecule has 0 radical (unpaired) electrons. The Morgan fingerprint density at radius 3 is 2.79 bits per heavy atom. The van der Waals surface area contributed by atoms with Gasteiger partial charge in [-0.1, -0.05) is 12.1 Å². The third-order valence-corrected chi connectivity index (χ3v) is 4.92. The van der Waals surface area contributed by atoms with Gasteiger partial charge in [0.1, 0.15) is 12.4 Å². The number of amides is 2. The van der Waals surface area contributed by atoms with Crippen molar-refractivity contribution in [2.45, 2.75) is 19.6 Å². The molecule has 0 bridgehead atoms. The van der Waals surface area contributed by atoms with Gasteiger partial charge >= 0.3 is 6.03 Å². The number of anilines is 1. The quantitative estimate of drug-likeness (QED) is 0.614. The van der Waals surface area contributed by atoms with E-state index in [9.17, 15) is 13.6 Å². The first kappa shape index (κ1) is 19.8. The molecule has 146 valence electrons. The first-order valence-electron chi connectivity index (χ1n) is 8.52. The molecule has 1 N–H and O–H groups in total. The highest BCUT2D eigenvalue weighted by molar-refractivity contribution is 7.07. The summed E-state index contributed by atoms with van der Waals surface area (Å²) in [6.07, 6.45) is 0. The lowest BCUT2D eigenvalue weighted by Gasteiger charge is -2.25. The summed E-state index contributed by atoms with van der Waals surface area (Å²) in [5, 5.41) is 4.68. The Kier molecular flexibility index (Phi) is 6.20. The van der Waals surface area contributed by atoms with Crippen LogP contribution in [0, 0.1) is 11.6 Å². The Hall–Kier alpha value is -3.00. The second kappa shape index (κ2) is 8.79. The van der Waals surface area contributed by atoms with Crippen LogP contribution in [0.4, 0.5) is 19.3 Å². The van der Waals surface area contributed by atoms with Crippen molar-refractivity contribution >= 4 is 23.1 Å². The normalized spacial score (nSPS) is 11.7. The summed E-state index contributed by atoms with van der Waals surface area (Å²) in [7, 11) is 1.59. The molecule has 3 aromatic rings. The van der Waals surface area contributed by atoms with Crippen LogP contribution in [0.3, 0.4) is 0 Å². The largest absolute Gasteiger partial charge is 0.487 e. The molecule has 0 aliphatic heterocycles. The Bertz CT molecular complexity index is 950. The number of hydrogen-bond acceptors (Lipinski definition) is 4. The number of carbonyl (C=O) groups excluding carboxylic acids is 1. The lowest BCUT2D eigenvalue weighted by atomic mass is 10.1. The van der Waals surface area contributed by atoms with E-state index < -0.39 is 17.7 Å². The summed E-state index contributed by atoms with van der Waals surface area (Å²) in [6.45, 7) is 2.08. The van der Waals surface area contributed by atoms with Crippen molar-refractivity contribution in [2.24, 2.45) is 0 Å². The van der Waals surface area contributed by atoms with Crippen molar-refractivity contribution in [3.8, 4) is 5.75 Å².